The molecule has 0 aliphatic carbocycles. The van der Waals surface area contributed by atoms with Gasteiger partial charge in [-0.2, -0.15) is 11.8 Å². The van der Waals surface area contributed by atoms with Crippen molar-refractivity contribution in [3.8, 4) is 0 Å². The van der Waals surface area contributed by atoms with Gasteiger partial charge in [0.2, 0.25) is 10.0 Å². The molecule has 1 aromatic rings. The molecule has 2 N–H and O–H groups in total. The molecule has 0 fully saturated rings. The number of hydrogen-bond donors (Lipinski definition) is 2. The third-order valence-corrected chi connectivity index (χ3v) is 5.14. The minimum Gasteiger partial charge on any atom is -0.383 e. The van der Waals surface area contributed by atoms with Gasteiger partial charge in [-0.1, -0.05) is 6.92 Å². The second kappa shape index (κ2) is 7.62. The van der Waals surface area contributed by atoms with Crippen molar-refractivity contribution in [1.29, 1.82) is 0 Å². The molecule has 0 aromatic heterocycles. The maximum atomic E-state index is 12.2. The van der Waals surface area contributed by atoms with Gasteiger partial charge in [0, 0.05) is 19.7 Å². The SMILES string of the molecule is CNc1cc(S(=O)(=O)NCC(C)CSC)ccc1[N+](=O)[O-]. The van der Waals surface area contributed by atoms with E-state index in [9.17, 15) is 18.5 Å². The zero-order valence-corrected chi connectivity index (χ0v) is 13.8. The molecule has 118 valence electrons. The zero-order valence-electron chi connectivity index (χ0n) is 12.1. The Hall–Kier alpha value is -1.32. The average molecular weight is 333 g/mol. The van der Waals surface area contributed by atoms with Gasteiger partial charge < -0.3 is 5.32 Å². The quantitative estimate of drug-likeness (QED) is 0.557. The first-order valence-electron chi connectivity index (χ1n) is 6.26. The number of anilines is 1. The van der Waals surface area contributed by atoms with Crippen molar-refractivity contribution in [3.63, 3.8) is 0 Å². The molecule has 21 heavy (non-hydrogen) atoms. The van der Waals surface area contributed by atoms with Gasteiger partial charge in [-0.3, -0.25) is 10.1 Å². The van der Waals surface area contributed by atoms with Crippen LogP contribution in [-0.2, 0) is 10.0 Å². The highest BCUT2D eigenvalue weighted by molar-refractivity contribution is 7.98. The summed E-state index contributed by atoms with van der Waals surface area (Å²) in [5, 5.41) is 13.5. The first kappa shape index (κ1) is 17.7. The summed E-state index contributed by atoms with van der Waals surface area (Å²) in [5.41, 5.74) is 0.00670. The number of nitrogens with zero attached hydrogens (tertiary/aromatic N) is 1. The van der Waals surface area contributed by atoms with Crippen molar-refractivity contribution in [2.45, 2.75) is 11.8 Å². The minimum atomic E-state index is -3.67. The van der Waals surface area contributed by atoms with E-state index in [1.165, 1.54) is 25.2 Å². The van der Waals surface area contributed by atoms with Crippen molar-refractivity contribution < 1.29 is 13.3 Å². The number of rotatable bonds is 8. The molecule has 0 bridgehead atoms. The summed E-state index contributed by atoms with van der Waals surface area (Å²) in [6.07, 6.45) is 1.96. The fourth-order valence-electron chi connectivity index (χ4n) is 1.72. The molecule has 7 nitrogen and oxygen atoms in total. The van der Waals surface area contributed by atoms with E-state index in [2.05, 4.69) is 10.0 Å². The summed E-state index contributed by atoms with van der Waals surface area (Å²) in [7, 11) is -2.16. The summed E-state index contributed by atoms with van der Waals surface area (Å²) in [4.78, 5) is 10.3. The van der Waals surface area contributed by atoms with E-state index in [1.54, 1.807) is 11.8 Å². The van der Waals surface area contributed by atoms with Gasteiger partial charge in [0.1, 0.15) is 5.69 Å². The highest BCUT2D eigenvalue weighted by atomic mass is 32.2. The molecule has 0 radical (unpaired) electrons. The lowest BCUT2D eigenvalue weighted by Gasteiger charge is -2.12. The van der Waals surface area contributed by atoms with Crippen LogP contribution in [0.2, 0.25) is 0 Å². The predicted molar refractivity (Wildman–Crippen MR) is 85.4 cm³/mol. The van der Waals surface area contributed by atoms with Crippen molar-refractivity contribution >= 4 is 33.2 Å². The Labute approximate surface area is 128 Å². The molecule has 0 amide bonds. The molecule has 9 heteroatoms. The van der Waals surface area contributed by atoms with Crippen LogP contribution < -0.4 is 10.0 Å². The highest BCUT2D eigenvalue weighted by Gasteiger charge is 2.20. The minimum absolute atomic E-state index is 0.00815. The van der Waals surface area contributed by atoms with Crippen LogP contribution in [0.4, 0.5) is 11.4 Å². The number of hydrogen-bond acceptors (Lipinski definition) is 6. The summed E-state index contributed by atoms with van der Waals surface area (Å²) in [5.74, 6) is 1.06. The van der Waals surface area contributed by atoms with Gasteiger partial charge in [-0.15, -0.1) is 0 Å². The Morgan fingerprint density at radius 1 is 1.43 bits per heavy atom. The van der Waals surface area contributed by atoms with Crippen LogP contribution in [0.5, 0.6) is 0 Å². The van der Waals surface area contributed by atoms with Gasteiger partial charge >= 0.3 is 0 Å². The smallest absolute Gasteiger partial charge is 0.292 e. The molecule has 1 unspecified atom stereocenters. The van der Waals surface area contributed by atoms with E-state index in [0.29, 0.717) is 6.54 Å². The number of nitro groups is 1. The Balaban J connectivity index is 2.96. The average Bonchev–Trinajstić information content (AvgIpc) is 2.44. The van der Waals surface area contributed by atoms with Gasteiger partial charge in [0.05, 0.1) is 9.82 Å². The van der Waals surface area contributed by atoms with Crippen LogP contribution in [0, 0.1) is 16.0 Å². The fraction of sp³-hybridized carbons (Fsp3) is 0.500. The number of sulfonamides is 1. The molecule has 1 aromatic carbocycles. The lowest BCUT2D eigenvalue weighted by Crippen LogP contribution is -2.29. The van der Waals surface area contributed by atoms with Crippen molar-refractivity contribution in [2.24, 2.45) is 5.92 Å². The lowest BCUT2D eigenvalue weighted by molar-refractivity contribution is -0.384. The Morgan fingerprint density at radius 3 is 2.62 bits per heavy atom. The third-order valence-electron chi connectivity index (χ3n) is 2.82. The molecule has 0 heterocycles. The van der Waals surface area contributed by atoms with E-state index in [1.807, 2.05) is 13.2 Å². The largest absolute Gasteiger partial charge is 0.383 e. The predicted octanol–water partition coefficient (Wildman–Crippen LogP) is 1.91. The molecule has 0 aliphatic heterocycles. The fourth-order valence-corrected chi connectivity index (χ4v) is 3.60. The zero-order chi connectivity index (χ0) is 16.0. The maximum Gasteiger partial charge on any atom is 0.292 e. The third kappa shape index (κ3) is 4.87. The number of nitro benzene ring substituents is 1. The van der Waals surface area contributed by atoms with Crippen LogP contribution in [0.25, 0.3) is 0 Å². The van der Waals surface area contributed by atoms with E-state index in [-0.39, 0.29) is 22.2 Å². The van der Waals surface area contributed by atoms with Crippen LogP contribution in [-0.4, -0.2) is 38.9 Å². The maximum absolute atomic E-state index is 12.2. The van der Waals surface area contributed by atoms with Gasteiger partial charge in [0.15, 0.2) is 0 Å². The highest BCUT2D eigenvalue weighted by Crippen LogP contribution is 2.26. The monoisotopic (exact) mass is 333 g/mol. The molecule has 0 spiro atoms. The van der Waals surface area contributed by atoms with E-state index in [4.69, 9.17) is 0 Å². The molecule has 1 atom stereocenters. The van der Waals surface area contributed by atoms with Gasteiger partial charge in [0.25, 0.3) is 5.69 Å². The number of thioether (sulfide) groups is 1. The molecular formula is C12H19N3O4S2. The Kier molecular flexibility index (Phi) is 6.43. The van der Waals surface area contributed by atoms with Crippen molar-refractivity contribution in [3.05, 3.63) is 28.3 Å². The lowest BCUT2D eigenvalue weighted by atomic mass is 10.2. The molecule has 0 aliphatic rings. The normalized spacial score (nSPS) is 12.9. The van der Waals surface area contributed by atoms with Crippen LogP contribution in [0.1, 0.15) is 6.92 Å². The van der Waals surface area contributed by atoms with Crippen molar-refractivity contribution in [1.82, 2.24) is 4.72 Å². The first-order chi connectivity index (χ1) is 9.81. The second-order valence-electron chi connectivity index (χ2n) is 4.60. The van der Waals surface area contributed by atoms with Gasteiger partial charge in [-0.25, -0.2) is 13.1 Å². The van der Waals surface area contributed by atoms with Gasteiger partial charge in [-0.05, 0) is 30.1 Å². The first-order valence-corrected chi connectivity index (χ1v) is 9.14. The molecule has 0 saturated carbocycles. The van der Waals surface area contributed by atoms with Crippen LogP contribution >= 0.6 is 11.8 Å². The van der Waals surface area contributed by atoms with E-state index >= 15 is 0 Å². The Bertz CT molecular complexity index is 605. The number of benzene rings is 1. The summed E-state index contributed by atoms with van der Waals surface area (Å²) in [6.45, 7) is 2.28. The standard InChI is InChI=1S/C12H19N3O4S2/c1-9(8-20-3)7-14-21(18,19)10-4-5-12(15(16)17)11(6-10)13-2/h4-6,9,13-14H,7-8H2,1-3H3. The van der Waals surface area contributed by atoms with E-state index in [0.717, 1.165) is 5.75 Å². The summed E-state index contributed by atoms with van der Waals surface area (Å²) >= 11 is 1.65. The molecule has 0 saturated heterocycles. The summed E-state index contributed by atoms with van der Waals surface area (Å²) < 4.78 is 26.9. The molecule has 1 rings (SSSR count). The van der Waals surface area contributed by atoms with E-state index < -0.39 is 14.9 Å². The van der Waals surface area contributed by atoms with Crippen LogP contribution in [0.15, 0.2) is 23.1 Å². The Morgan fingerprint density at radius 2 is 2.10 bits per heavy atom. The molecular weight excluding hydrogens is 314 g/mol. The summed E-state index contributed by atoms with van der Waals surface area (Å²) in [6, 6.07) is 3.69. The topological polar surface area (TPSA) is 101 Å². The number of nitrogens with one attached hydrogen (secondary N) is 2. The second-order valence-corrected chi connectivity index (χ2v) is 7.28. The van der Waals surface area contributed by atoms with Crippen LogP contribution in [0.3, 0.4) is 0 Å². The van der Waals surface area contributed by atoms with Crippen molar-refractivity contribution in [2.75, 3.05) is 30.9 Å².